The fourth-order valence-corrected chi connectivity index (χ4v) is 6.26. The van der Waals surface area contributed by atoms with E-state index in [1.807, 2.05) is 0 Å². The largest absolute Gasteiger partial charge is 0.252 e. The lowest BCUT2D eigenvalue weighted by Gasteiger charge is -2.27. The van der Waals surface area contributed by atoms with Crippen molar-refractivity contribution < 1.29 is 0 Å². The number of rotatable bonds is 2. The van der Waals surface area contributed by atoms with Crippen molar-refractivity contribution in [1.82, 2.24) is 0 Å². The molecule has 8 bridgehead atoms. The zero-order valence-electron chi connectivity index (χ0n) is 24.6. The quantitative estimate of drug-likeness (QED) is 0.241. The van der Waals surface area contributed by atoms with Crippen LogP contribution < -0.4 is 0 Å². The van der Waals surface area contributed by atoms with E-state index in [0.717, 1.165) is 56.2 Å². The van der Waals surface area contributed by atoms with Crippen LogP contribution in [0.5, 0.6) is 0 Å². The van der Waals surface area contributed by atoms with Crippen molar-refractivity contribution in [3.8, 4) is 0 Å². The van der Waals surface area contributed by atoms with Crippen molar-refractivity contribution in [2.45, 2.75) is 38.5 Å². The summed E-state index contributed by atoms with van der Waals surface area (Å²) in [5.74, 6) is 0. The van der Waals surface area contributed by atoms with Gasteiger partial charge in [-0.1, -0.05) is 137 Å². The molecule has 42 heavy (non-hydrogen) atoms. The maximum atomic E-state index is 5.33. The topological polar surface area (TPSA) is 24.7 Å². The van der Waals surface area contributed by atoms with Gasteiger partial charge in [-0.15, -0.1) is 0 Å². The van der Waals surface area contributed by atoms with E-state index < -0.39 is 0 Å². The fourth-order valence-electron chi connectivity index (χ4n) is 6.26. The van der Waals surface area contributed by atoms with Gasteiger partial charge in [-0.05, 0) is 57.7 Å². The van der Waals surface area contributed by atoms with Gasteiger partial charge in [0.15, 0.2) is 0 Å². The maximum absolute atomic E-state index is 5.33. The van der Waals surface area contributed by atoms with Crippen molar-refractivity contribution in [2.24, 2.45) is 9.98 Å². The predicted molar refractivity (Wildman–Crippen MR) is 177 cm³/mol. The molecule has 4 aromatic carbocycles. The summed E-state index contributed by atoms with van der Waals surface area (Å²) in [5.41, 5.74) is 12.9. The summed E-state index contributed by atoms with van der Waals surface area (Å²) < 4.78 is 0. The molecule has 0 aromatic heterocycles. The van der Waals surface area contributed by atoms with Crippen molar-refractivity contribution >= 4 is 22.6 Å². The Labute approximate surface area is 248 Å². The summed E-state index contributed by atoms with van der Waals surface area (Å²) in [7, 11) is 0. The number of hydrogen-bond acceptors (Lipinski definition) is 2. The van der Waals surface area contributed by atoms with Crippen molar-refractivity contribution in [1.29, 1.82) is 0 Å². The Hall–Kier alpha value is -4.82. The second-order valence-electron chi connectivity index (χ2n) is 12.3. The molecule has 4 aromatic rings. The third-order valence-corrected chi connectivity index (χ3v) is 8.94. The molecule has 0 atom stereocenters. The molecule has 7 rings (SSSR count). The first-order chi connectivity index (χ1) is 20.3. The van der Waals surface area contributed by atoms with Crippen LogP contribution in [0.15, 0.2) is 155 Å². The van der Waals surface area contributed by atoms with E-state index in [1.165, 1.54) is 11.1 Å². The monoisotopic (exact) mass is 542 g/mol. The number of benzene rings is 4. The predicted octanol–water partition coefficient (Wildman–Crippen LogP) is 9.50. The van der Waals surface area contributed by atoms with Gasteiger partial charge < -0.3 is 0 Å². The van der Waals surface area contributed by atoms with E-state index >= 15 is 0 Å². The first kappa shape index (κ1) is 26.1. The normalized spacial score (nSPS) is 18.3. The number of hydrogen-bond donors (Lipinski definition) is 0. The van der Waals surface area contributed by atoms with Gasteiger partial charge in [-0.25, -0.2) is 0 Å². The molecule has 2 heteroatoms. The van der Waals surface area contributed by atoms with E-state index in [1.54, 1.807) is 0 Å². The Balaban J connectivity index is 1.54. The molecule has 204 valence electrons. The summed E-state index contributed by atoms with van der Waals surface area (Å²) in [4.78, 5) is 10.7. The highest BCUT2D eigenvalue weighted by molar-refractivity contribution is 6.09. The molecular formula is C40H34N2. The maximum Gasteiger partial charge on any atom is 0.0718 e. The lowest BCUT2D eigenvalue weighted by molar-refractivity contribution is 0.720. The Bertz CT molecular complexity index is 1750. The van der Waals surface area contributed by atoms with Gasteiger partial charge in [0.05, 0.1) is 22.8 Å². The molecule has 3 heterocycles. The van der Waals surface area contributed by atoms with Gasteiger partial charge in [-0.2, -0.15) is 0 Å². The summed E-state index contributed by atoms with van der Waals surface area (Å²) in [6.07, 6.45) is 8.77. The average Bonchev–Trinajstić information content (AvgIpc) is 3.71. The Morgan fingerprint density at radius 3 is 1.19 bits per heavy atom. The van der Waals surface area contributed by atoms with E-state index in [2.05, 4.69) is 161 Å². The van der Waals surface area contributed by atoms with E-state index in [4.69, 9.17) is 9.98 Å². The molecule has 0 N–H and O–H groups in total. The summed E-state index contributed by atoms with van der Waals surface area (Å²) >= 11 is 0. The highest BCUT2D eigenvalue weighted by Crippen LogP contribution is 2.40. The molecule has 0 saturated carbocycles. The Kier molecular flexibility index (Phi) is 6.17. The van der Waals surface area contributed by atoms with Gasteiger partial charge in [-0.3, -0.25) is 9.98 Å². The molecule has 3 aliphatic rings. The summed E-state index contributed by atoms with van der Waals surface area (Å²) in [6.45, 7) is 9.09. The second kappa shape index (κ2) is 9.92. The van der Waals surface area contributed by atoms with Crippen LogP contribution in [-0.2, 0) is 10.8 Å². The van der Waals surface area contributed by atoms with Gasteiger partial charge in [0.25, 0.3) is 0 Å². The third-order valence-electron chi connectivity index (χ3n) is 8.94. The van der Waals surface area contributed by atoms with Crippen LogP contribution in [0.1, 0.15) is 61.1 Å². The first-order valence-corrected chi connectivity index (χ1v) is 14.7. The Morgan fingerprint density at radius 1 is 0.405 bits per heavy atom. The van der Waals surface area contributed by atoms with Gasteiger partial charge in [0.1, 0.15) is 0 Å². The van der Waals surface area contributed by atoms with Crippen LogP contribution in [0.3, 0.4) is 0 Å². The van der Waals surface area contributed by atoms with Crippen LogP contribution in [0.4, 0.5) is 0 Å². The lowest BCUT2D eigenvalue weighted by atomic mass is 9.78. The SMILES string of the molecule is CC1(C)C2=NC(=C(c3ccccc3)c3cccc(c3)C(C)(C)C3=NC(=C(c4ccccc4)c4cccc1c4)C=C3)C=C2. The first-order valence-electron chi connectivity index (χ1n) is 14.7. The van der Waals surface area contributed by atoms with Crippen molar-refractivity contribution in [2.75, 3.05) is 0 Å². The second-order valence-corrected chi connectivity index (χ2v) is 12.3. The average molecular weight is 543 g/mol. The fraction of sp³-hybridized carbons (Fsp3) is 0.150. The van der Waals surface area contributed by atoms with Gasteiger partial charge in [0, 0.05) is 22.0 Å². The number of allylic oxidation sites excluding steroid dienone is 4. The van der Waals surface area contributed by atoms with E-state index in [9.17, 15) is 0 Å². The zero-order chi connectivity index (χ0) is 28.9. The van der Waals surface area contributed by atoms with Crippen LogP contribution in [0, 0.1) is 0 Å². The highest BCUT2D eigenvalue weighted by Gasteiger charge is 2.32. The highest BCUT2D eigenvalue weighted by atomic mass is 14.8. The summed E-state index contributed by atoms with van der Waals surface area (Å²) in [6, 6.07) is 39.1. The molecular weight excluding hydrogens is 508 g/mol. The molecule has 0 unspecified atom stereocenters. The number of fused-ring (bicyclic) bond motifs is 6. The lowest BCUT2D eigenvalue weighted by Crippen LogP contribution is -2.27. The molecule has 2 nitrogen and oxygen atoms in total. The zero-order valence-corrected chi connectivity index (χ0v) is 24.6. The molecule has 3 aliphatic heterocycles. The van der Waals surface area contributed by atoms with E-state index in [0.29, 0.717) is 0 Å². The molecule has 0 saturated heterocycles. The van der Waals surface area contributed by atoms with Crippen LogP contribution in [0.2, 0.25) is 0 Å². The minimum absolute atomic E-state index is 0.302. The minimum Gasteiger partial charge on any atom is -0.252 e. The Morgan fingerprint density at radius 2 is 0.786 bits per heavy atom. The third kappa shape index (κ3) is 4.35. The number of aliphatic imine (C=N–C) groups is 2. The molecule has 0 aliphatic carbocycles. The van der Waals surface area contributed by atoms with E-state index in [-0.39, 0.29) is 10.8 Å². The van der Waals surface area contributed by atoms with Gasteiger partial charge in [0.2, 0.25) is 0 Å². The minimum atomic E-state index is -0.302. The van der Waals surface area contributed by atoms with Crippen molar-refractivity contribution in [3.05, 3.63) is 178 Å². The molecule has 0 spiro atoms. The molecule has 0 radical (unpaired) electrons. The van der Waals surface area contributed by atoms with Crippen molar-refractivity contribution in [3.63, 3.8) is 0 Å². The van der Waals surface area contributed by atoms with Gasteiger partial charge >= 0.3 is 0 Å². The standard InChI is InChI=1S/C40H34N2/c1-39(2)31-19-11-17-29(25-31)37(27-13-7-5-8-14-27)34-22-24-36(42-34)40(3,4)32-20-12-18-30(26-32)38(28-15-9-6-10-16-28)33-21-23-35(39)41-33/h5-26H,1-4H3. The summed E-state index contributed by atoms with van der Waals surface area (Å²) in [5, 5.41) is 0. The van der Waals surface area contributed by atoms with Crippen LogP contribution in [-0.4, -0.2) is 11.4 Å². The smallest absolute Gasteiger partial charge is 0.0718 e. The number of nitrogens with zero attached hydrogens (tertiary/aromatic N) is 2. The molecule has 0 fully saturated rings. The van der Waals surface area contributed by atoms with Crippen LogP contribution in [0.25, 0.3) is 11.1 Å². The molecule has 0 amide bonds. The van der Waals surface area contributed by atoms with Crippen LogP contribution >= 0.6 is 0 Å².